The number of pyridine rings is 1. The number of carbonyl (C=O) groups is 1. The first-order valence-electron chi connectivity index (χ1n) is 7.04. The molecule has 0 aliphatic rings. The molecule has 0 radical (unpaired) electrons. The van der Waals surface area contributed by atoms with Gasteiger partial charge in [-0.3, -0.25) is 4.79 Å². The van der Waals surface area contributed by atoms with Crippen LogP contribution in [0.1, 0.15) is 25.8 Å². The van der Waals surface area contributed by atoms with Crippen molar-refractivity contribution in [3.63, 3.8) is 0 Å². The van der Waals surface area contributed by atoms with Gasteiger partial charge in [0.2, 0.25) is 5.91 Å². The number of amides is 1. The number of nitrogens with one attached hydrogen (secondary N) is 1. The van der Waals surface area contributed by atoms with Gasteiger partial charge in [0.05, 0.1) is 6.04 Å². The molecule has 0 saturated carbocycles. The molecule has 21 heavy (non-hydrogen) atoms. The molecule has 6 heteroatoms. The highest BCUT2D eigenvalue weighted by atomic mass is 16.2. The lowest BCUT2D eigenvalue weighted by Gasteiger charge is -2.14. The molecule has 0 fully saturated rings. The van der Waals surface area contributed by atoms with Gasteiger partial charge in [-0.15, -0.1) is 0 Å². The molecule has 6 nitrogen and oxygen atoms in total. The van der Waals surface area contributed by atoms with Crippen molar-refractivity contribution >= 4 is 5.91 Å². The summed E-state index contributed by atoms with van der Waals surface area (Å²) in [6.45, 7) is 4.53. The largest absolute Gasteiger partial charge is 0.351 e. The van der Waals surface area contributed by atoms with Crippen molar-refractivity contribution in [2.24, 2.45) is 11.7 Å². The highest BCUT2D eigenvalue weighted by molar-refractivity contribution is 5.81. The van der Waals surface area contributed by atoms with E-state index >= 15 is 0 Å². The lowest BCUT2D eigenvalue weighted by atomic mass is 10.0. The molecule has 0 unspecified atom stereocenters. The van der Waals surface area contributed by atoms with E-state index in [1.54, 1.807) is 17.1 Å². The van der Waals surface area contributed by atoms with Crippen LogP contribution in [0, 0.1) is 5.92 Å². The van der Waals surface area contributed by atoms with Gasteiger partial charge >= 0.3 is 0 Å². The third-order valence-corrected chi connectivity index (χ3v) is 3.08. The molecule has 1 amide bonds. The molecule has 0 spiro atoms. The topological polar surface area (TPSA) is 85.8 Å². The molecule has 0 bridgehead atoms. The van der Waals surface area contributed by atoms with Crippen LogP contribution in [0.25, 0.3) is 5.82 Å². The summed E-state index contributed by atoms with van der Waals surface area (Å²) in [5.41, 5.74) is 6.81. The molecular weight excluding hydrogens is 266 g/mol. The SMILES string of the molecule is CC(C)C[C@H](N)C(=O)NCc1ccnc(-n2cccn2)c1. The van der Waals surface area contributed by atoms with E-state index < -0.39 is 6.04 Å². The fourth-order valence-electron chi connectivity index (χ4n) is 2.04. The summed E-state index contributed by atoms with van der Waals surface area (Å²) in [7, 11) is 0. The first kappa shape index (κ1) is 15.2. The molecule has 3 N–H and O–H groups in total. The van der Waals surface area contributed by atoms with Crippen LogP contribution in [0.3, 0.4) is 0 Å². The Kier molecular flexibility index (Phi) is 5.05. The Labute approximate surface area is 124 Å². The number of hydrogen-bond donors (Lipinski definition) is 2. The molecular formula is C15H21N5O. The van der Waals surface area contributed by atoms with Gasteiger partial charge in [-0.1, -0.05) is 13.8 Å². The van der Waals surface area contributed by atoms with Crippen molar-refractivity contribution in [1.82, 2.24) is 20.1 Å². The predicted octanol–water partition coefficient (Wildman–Crippen LogP) is 1.26. The number of aromatic nitrogens is 3. The van der Waals surface area contributed by atoms with Crippen LogP contribution in [0.15, 0.2) is 36.8 Å². The van der Waals surface area contributed by atoms with Gasteiger partial charge in [0.25, 0.3) is 0 Å². The minimum atomic E-state index is -0.461. The summed E-state index contributed by atoms with van der Waals surface area (Å²) < 4.78 is 1.68. The summed E-state index contributed by atoms with van der Waals surface area (Å²) in [4.78, 5) is 16.1. The maximum atomic E-state index is 11.9. The zero-order valence-electron chi connectivity index (χ0n) is 12.4. The molecule has 2 aromatic heterocycles. The van der Waals surface area contributed by atoms with Crippen LogP contribution >= 0.6 is 0 Å². The van der Waals surface area contributed by atoms with Crippen LogP contribution in [-0.4, -0.2) is 26.7 Å². The van der Waals surface area contributed by atoms with Gasteiger partial charge in [-0.2, -0.15) is 5.10 Å². The first-order chi connectivity index (χ1) is 10.1. The average molecular weight is 287 g/mol. The van der Waals surface area contributed by atoms with Crippen LogP contribution in [0.2, 0.25) is 0 Å². The second-order valence-electron chi connectivity index (χ2n) is 5.43. The third kappa shape index (κ3) is 4.39. The van der Waals surface area contributed by atoms with Gasteiger partial charge in [0, 0.05) is 25.1 Å². The van der Waals surface area contributed by atoms with E-state index in [1.807, 2.05) is 38.2 Å². The fraction of sp³-hybridized carbons (Fsp3) is 0.400. The van der Waals surface area contributed by atoms with Gasteiger partial charge in [0.15, 0.2) is 5.82 Å². The molecule has 0 aliphatic carbocycles. The lowest BCUT2D eigenvalue weighted by Crippen LogP contribution is -2.41. The van der Waals surface area contributed by atoms with Crippen LogP contribution in [-0.2, 0) is 11.3 Å². The van der Waals surface area contributed by atoms with E-state index in [0.29, 0.717) is 18.9 Å². The Balaban J connectivity index is 1.95. The minimum absolute atomic E-state index is 0.124. The van der Waals surface area contributed by atoms with Crippen LogP contribution < -0.4 is 11.1 Å². The Morgan fingerprint density at radius 1 is 1.43 bits per heavy atom. The van der Waals surface area contributed by atoms with Gasteiger partial charge in [-0.25, -0.2) is 9.67 Å². The van der Waals surface area contributed by atoms with E-state index in [1.165, 1.54) is 0 Å². The third-order valence-electron chi connectivity index (χ3n) is 3.08. The summed E-state index contributed by atoms with van der Waals surface area (Å²) in [5.74, 6) is 0.998. The van der Waals surface area contributed by atoms with Crippen molar-refractivity contribution in [2.75, 3.05) is 0 Å². The monoisotopic (exact) mass is 287 g/mol. The highest BCUT2D eigenvalue weighted by Gasteiger charge is 2.14. The molecule has 112 valence electrons. The number of hydrogen-bond acceptors (Lipinski definition) is 4. The normalized spacial score (nSPS) is 12.4. The lowest BCUT2D eigenvalue weighted by molar-refractivity contribution is -0.122. The molecule has 1 atom stereocenters. The molecule has 2 aromatic rings. The Morgan fingerprint density at radius 3 is 2.90 bits per heavy atom. The molecule has 0 aliphatic heterocycles. The number of carbonyl (C=O) groups excluding carboxylic acids is 1. The standard InChI is InChI=1S/C15H21N5O/c1-11(2)8-13(16)15(21)18-10-12-4-6-17-14(9-12)20-7-3-5-19-20/h3-7,9,11,13H,8,10,16H2,1-2H3,(H,18,21)/t13-/m0/s1. The van der Waals surface area contributed by atoms with E-state index in [9.17, 15) is 4.79 Å². The molecule has 0 aromatic carbocycles. The second kappa shape index (κ2) is 6.99. The van der Waals surface area contributed by atoms with Crippen LogP contribution in [0.4, 0.5) is 0 Å². The molecule has 2 rings (SSSR count). The zero-order valence-corrected chi connectivity index (χ0v) is 12.4. The second-order valence-corrected chi connectivity index (χ2v) is 5.43. The zero-order chi connectivity index (χ0) is 15.2. The predicted molar refractivity (Wildman–Crippen MR) is 80.6 cm³/mol. The van der Waals surface area contributed by atoms with E-state index in [4.69, 9.17) is 5.73 Å². The molecule has 0 saturated heterocycles. The van der Waals surface area contributed by atoms with Gasteiger partial charge in [0.1, 0.15) is 0 Å². The Hall–Kier alpha value is -2.21. The van der Waals surface area contributed by atoms with Gasteiger partial charge in [-0.05, 0) is 36.1 Å². The van der Waals surface area contributed by atoms with Crippen molar-refractivity contribution in [1.29, 1.82) is 0 Å². The maximum absolute atomic E-state index is 11.9. The molecule has 2 heterocycles. The van der Waals surface area contributed by atoms with Crippen molar-refractivity contribution in [3.05, 3.63) is 42.4 Å². The average Bonchev–Trinajstić information content (AvgIpc) is 2.98. The summed E-state index contributed by atoms with van der Waals surface area (Å²) >= 11 is 0. The van der Waals surface area contributed by atoms with E-state index in [2.05, 4.69) is 15.4 Å². The van der Waals surface area contributed by atoms with Gasteiger partial charge < -0.3 is 11.1 Å². The Morgan fingerprint density at radius 2 is 2.24 bits per heavy atom. The van der Waals surface area contributed by atoms with Crippen molar-refractivity contribution in [3.8, 4) is 5.82 Å². The minimum Gasteiger partial charge on any atom is -0.351 e. The van der Waals surface area contributed by atoms with E-state index in [-0.39, 0.29) is 5.91 Å². The number of rotatable bonds is 6. The summed E-state index contributed by atoms with van der Waals surface area (Å²) in [5, 5.41) is 6.99. The van der Waals surface area contributed by atoms with Crippen molar-refractivity contribution in [2.45, 2.75) is 32.9 Å². The quantitative estimate of drug-likeness (QED) is 0.837. The summed E-state index contributed by atoms with van der Waals surface area (Å²) in [6.07, 6.45) is 5.90. The van der Waals surface area contributed by atoms with Crippen molar-refractivity contribution < 1.29 is 4.79 Å². The van der Waals surface area contributed by atoms with E-state index in [0.717, 1.165) is 11.4 Å². The fourth-order valence-corrected chi connectivity index (χ4v) is 2.04. The first-order valence-corrected chi connectivity index (χ1v) is 7.04. The van der Waals surface area contributed by atoms with Crippen LogP contribution in [0.5, 0.6) is 0 Å². The highest BCUT2D eigenvalue weighted by Crippen LogP contribution is 2.07. The maximum Gasteiger partial charge on any atom is 0.237 e. The summed E-state index contributed by atoms with van der Waals surface area (Å²) in [6, 6.07) is 5.13. The Bertz CT molecular complexity index is 580. The smallest absolute Gasteiger partial charge is 0.237 e. The number of nitrogens with two attached hydrogens (primary N) is 1. The number of nitrogens with zero attached hydrogens (tertiary/aromatic N) is 3.